The lowest BCUT2D eigenvalue weighted by Gasteiger charge is -2.23. The molecule has 0 saturated carbocycles. The number of hydrogen-bond donors (Lipinski definition) is 3. The smallest absolute Gasteiger partial charge is 0.416 e. The van der Waals surface area contributed by atoms with E-state index in [4.69, 9.17) is 0 Å². The number of nitrogens with zero attached hydrogens (tertiary/aromatic N) is 2. The number of fused-ring (bicyclic) bond motifs is 3. The fourth-order valence-electron chi connectivity index (χ4n) is 3.56. The van der Waals surface area contributed by atoms with Gasteiger partial charge in [-0.3, -0.25) is 4.79 Å². The zero-order chi connectivity index (χ0) is 18.5. The van der Waals surface area contributed by atoms with Gasteiger partial charge in [0.25, 0.3) is 5.56 Å². The Labute approximate surface area is 144 Å². The molecule has 7 nitrogen and oxygen atoms in total. The van der Waals surface area contributed by atoms with Crippen molar-refractivity contribution in [2.75, 3.05) is 13.1 Å². The summed E-state index contributed by atoms with van der Waals surface area (Å²) in [5, 5.41) is 19.1. The number of quaternary nitrogens is 1. The minimum atomic E-state index is -4.59. The number of rotatable bonds is 2. The highest BCUT2D eigenvalue weighted by atomic mass is 19.4. The predicted octanol–water partition coefficient (Wildman–Crippen LogP) is 1.35. The highest BCUT2D eigenvalue weighted by Crippen LogP contribution is 2.35. The van der Waals surface area contributed by atoms with Crippen LogP contribution in [0, 0.1) is 5.21 Å². The Balaban J connectivity index is 2.03. The lowest BCUT2D eigenvalue weighted by Crippen LogP contribution is -2.70. The molecular formula is C16H16F3N5O2. The standard InChI is InChI=1S/C16H16F3N5O2/c17-16(18,19)9-5-10-14(11(6-9)23-26)15-21-13(25)7-12(24(15)22-10)8-1-3-20-4-2-8/h5-8,20H,1-4,23H2,(H,21,25). The van der Waals surface area contributed by atoms with Crippen LogP contribution in [0.1, 0.15) is 30.0 Å². The molecule has 138 valence electrons. The molecule has 0 bridgehead atoms. The van der Waals surface area contributed by atoms with E-state index in [0.717, 1.165) is 38.1 Å². The molecule has 0 radical (unpaired) electrons. The van der Waals surface area contributed by atoms with Crippen LogP contribution in [0.3, 0.4) is 0 Å². The van der Waals surface area contributed by atoms with Crippen molar-refractivity contribution in [1.82, 2.24) is 19.9 Å². The number of nitrogens with one attached hydrogen (secondary N) is 2. The van der Waals surface area contributed by atoms with Gasteiger partial charge in [0.2, 0.25) is 0 Å². The highest BCUT2D eigenvalue weighted by Gasteiger charge is 2.33. The van der Waals surface area contributed by atoms with E-state index >= 15 is 0 Å². The predicted molar refractivity (Wildman–Crippen MR) is 88.1 cm³/mol. The number of H-pyrrole nitrogens is 1. The van der Waals surface area contributed by atoms with Gasteiger partial charge in [0, 0.05) is 18.1 Å². The van der Waals surface area contributed by atoms with E-state index in [1.54, 1.807) is 0 Å². The molecule has 1 aromatic carbocycles. The summed E-state index contributed by atoms with van der Waals surface area (Å²) >= 11 is 0. The minimum Gasteiger partial charge on any atom is -0.630 e. The zero-order valence-corrected chi connectivity index (χ0v) is 13.6. The SMILES string of the molecule is O=c1cc(C2CCNCC2)n2nc3cc(C(F)(F)F)cc([NH2+][O-])c3c2[nH]1. The van der Waals surface area contributed by atoms with Gasteiger partial charge in [0.1, 0.15) is 22.2 Å². The molecule has 0 atom stereocenters. The Morgan fingerprint density at radius 2 is 1.96 bits per heavy atom. The van der Waals surface area contributed by atoms with E-state index in [1.807, 2.05) is 0 Å². The third-order valence-electron chi connectivity index (χ3n) is 4.78. The first kappa shape index (κ1) is 17.0. The lowest BCUT2D eigenvalue weighted by molar-refractivity contribution is -0.495. The normalized spacial score (nSPS) is 16.6. The number of piperidine rings is 1. The number of halogens is 3. The Morgan fingerprint density at radius 3 is 2.62 bits per heavy atom. The van der Waals surface area contributed by atoms with Crippen LogP contribution in [-0.4, -0.2) is 27.7 Å². The van der Waals surface area contributed by atoms with E-state index in [0.29, 0.717) is 11.2 Å². The van der Waals surface area contributed by atoms with Crippen LogP contribution in [0.15, 0.2) is 23.0 Å². The number of aromatic amines is 1. The summed E-state index contributed by atoms with van der Waals surface area (Å²) in [6.45, 7) is 1.58. The van der Waals surface area contributed by atoms with Gasteiger partial charge in [-0.15, -0.1) is 0 Å². The summed E-state index contributed by atoms with van der Waals surface area (Å²) in [4.78, 5) is 14.7. The topological polar surface area (TPSA) is 102 Å². The summed E-state index contributed by atoms with van der Waals surface area (Å²) in [7, 11) is 0. The molecular weight excluding hydrogens is 351 g/mol. The first-order valence-corrected chi connectivity index (χ1v) is 8.21. The van der Waals surface area contributed by atoms with Crippen molar-refractivity contribution in [3.05, 3.63) is 45.0 Å². The Morgan fingerprint density at radius 1 is 1.23 bits per heavy atom. The number of alkyl halides is 3. The molecule has 1 aliphatic heterocycles. The molecule has 0 amide bonds. The van der Waals surface area contributed by atoms with Crippen molar-refractivity contribution < 1.29 is 18.7 Å². The van der Waals surface area contributed by atoms with Crippen LogP contribution >= 0.6 is 0 Å². The number of nitrogens with two attached hydrogens (primary N) is 1. The molecule has 4 N–H and O–H groups in total. The maximum absolute atomic E-state index is 13.1. The quantitative estimate of drug-likeness (QED) is 0.470. The molecule has 1 saturated heterocycles. The van der Waals surface area contributed by atoms with Gasteiger partial charge in [-0.05, 0) is 32.0 Å². The first-order chi connectivity index (χ1) is 12.4. The molecule has 26 heavy (non-hydrogen) atoms. The Bertz CT molecular complexity index is 1030. The third kappa shape index (κ3) is 2.75. The van der Waals surface area contributed by atoms with Crippen molar-refractivity contribution in [2.45, 2.75) is 24.9 Å². The largest absolute Gasteiger partial charge is 0.630 e. The summed E-state index contributed by atoms with van der Waals surface area (Å²) in [6, 6.07) is 3.12. The van der Waals surface area contributed by atoms with Crippen LogP contribution in [0.4, 0.5) is 18.9 Å². The average molecular weight is 367 g/mol. The average Bonchev–Trinajstić information content (AvgIpc) is 2.98. The van der Waals surface area contributed by atoms with Crippen molar-refractivity contribution in [2.24, 2.45) is 0 Å². The molecule has 4 rings (SSSR count). The number of aromatic nitrogens is 3. The molecule has 2 aromatic heterocycles. The minimum absolute atomic E-state index is 0.0268. The monoisotopic (exact) mass is 367 g/mol. The molecule has 1 aliphatic rings. The van der Waals surface area contributed by atoms with Gasteiger partial charge >= 0.3 is 6.18 Å². The Hall–Kier alpha value is -2.43. The van der Waals surface area contributed by atoms with Gasteiger partial charge in [0.05, 0.1) is 11.3 Å². The second kappa shape index (κ2) is 6.08. The summed E-state index contributed by atoms with van der Waals surface area (Å²) in [5.74, 6) is 0.0668. The van der Waals surface area contributed by atoms with Crippen molar-refractivity contribution >= 4 is 22.2 Å². The first-order valence-electron chi connectivity index (χ1n) is 8.21. The Kier molecular flexibility index (Phi) is 3.98. The van der Waals surface area contributed by atoms with Crippen molar-refractivity contribution in [1.29, 1.82) is 0 Å². The van der Waals surface area contributed by atoms with Crippen molar-refractivity contribution in [3.8, 4) is 0 Å². The van der Waals surface area contributed by atoms with Crippen LogP contribution in [0.5, 0.6) is 0 Å². The molecule has 0 spiro atoms. The van der Waals surface area contributed by atoms with E-state index in [2.05, 4.69) is 15.4 Å². The van der Waals surface area contributed by atoms with E-state index in [9.17, 15) is 23.2 Å². The van der Waals surface area contributed by atoms with Crippen LogP contribution in [0.2, 0.25) is 0 Å². The summed E-state index contributed by atoms with van der Waals surface area (Å²) in [6.07, 6.45) is -3.00. The van der Waals surface area contributed by atoms with E-state index < -0.39 is 11.7 Å². The summed E-state index contributed by atoms with van der Waals surface area (Å²) in [5.41, 5.74) is -0.189. The van der Waals surface area contributed by atoms with Crippen molar-refractivity contribution in [3.63, 3.8) is 0 Å². The number of benzene rings is 1. The molecule has 0 aliphatic carbocycles. The fourth-order valence-corrected chi connectivity index (χ4v) is 3.56. The van der Waals surface area contributed by atoms with E-state index in [-0.39, 0.29) is 33.7 Å². The lowest BCUT2D eigenvalue weighted by atomic mass is 9.94. The molecule has 3 heterocycles. The second-order valence-corrected chi connectivity index (χ2v) is 6.42. The van der Waals surface area contributed by atoms with Gasteiger partial charge in [-0.1, -0.05) is 0 Å². The molecule has 3 aromatic rings. The van der Waals surface area contributed by atoms with E-state index in [1.165, 1.54) is 10.6 Å². The summed E-state index contributed by atoms with van der Waals surface area (Å²) < 4.78 is 40.8. The maximum Gasteiger partial charge on any atom is 0.416 e. The van der Waals surface area contributed by atoms with Gasteiger partial charge in [0.15, 0.2) is 0 Å². The van der Waals surface area contributed by atoms with Gasteiger partial charge < -0.3 is 21.0 Å². The molecule has 0 unspecified atom stereocenters. The van der Waals surface area contributed by atoms with Crippen LogP contribution < -0.4 is 16.4 Å². The molecule has 1 fully saturated rings. The third-order valence-corrected chi connectivity index (χ3v) is 4.78. The number of hydrogen-bond acceptors (Lipinski definition) is 4. The van der Waals surface area contributed by atoms with Crippen LogP contribution in [0.25, 0.3) is 16.6 Å². The zero-order valence-electron chi connectivity index (χ0n) is 13.6. The van der Waals surface area contributed by atoms with Crippen LogP contribution in [-0.2, 0) is 6.18 Å². The molecule has 10 heteroatoms. The fraction of sp³-hybridized carbons (Fsp3) is 0.375. The van der Waals surface area contributed by atoms with Gasteiger partial charge in [-0.2, -0.15) is 18.3 Å². The second-order valence-electron chi connectivity index (χ2n) is 6.42. The maximum atomic E-state index is 13.1. The van der Waals surface area contributed by atoms with Gasteiger partial charge in [-0.25, -0.2) is 4.52 Å². The highest BCUT2D eigenvalue weighted by molar-refractivity contribution is 5.99.